The van der Waals surface area contributed by atoms with Crippen LogP contribution in [0, 0.1) is 5.92 Å². The molecule has 0 heterocycles. The standard InChI is InChI=1S/C6H14OSi/c1-6(2)4-3-5-7-8/h3,5-6H,4H2,1-2,8H3. The Morgan fingerprint density at radius 1 is 1.62 bits per heavy atom. The van der Waals surface area contributed by atoms with E-state index >= 15 is 0 Å². The van der Waals surface area contributed by atoms with Crippen LogP contribution in [-0.4, -0.2) is 10.5 Å². The van der Waals surface area contributed by atoms with Crippen LogP contribution in [0.4, 0.5) is 0 Å². The SMILES string of the molecule is CC(C)CC=CO[SiH3]. The van der Waals surface area contributed by atoms with Crippen LogP contribution in [0.1, 0.15) is 20.3 Å². The fourth-order valence-corrected chi connectivity index (χ4v) is 0.616. The van der Waals surface area contributed by atoms with Crippen molar-refractivity contribution in [1.29, 1.82) is 0 Å². The fourth-order valence-electron chi connectivity index (χ4n) is 0.424. The Morgan fingerprint density at radius 3 is 2.62 bits per heavy atom. The Kier molecular flexibility index (Phi) is 4.76. The summed E-state index contributed by atoms with van der Waals surface area (Å²) >= 11 is 0. The van der Waals surface area contributed by atoms with Gasteiger partial charge in [-0.1, -0.05) is 19.9 Å². The molecule has 0 fully saturated rings. The maximum Gasteiger partial charge on any atom is 0.203 e. The van der Waals surface area contributed by atoms with E-state index in [9.17, 15) is 0 Å². The average Bonchev–Trinajstić information content (AvgIpc) is 1.66. The lowest BCUT2D eigenvalue weighted by Crippen LogP contribution is -1.81. The molecule has 0 bridgehead atoms. The molecular formula is C6H14OSi. The Labute approximate surface area is 54.3 Å². The third-order valence-electron chi connectivity index (χ3n) is 0.840. The van der Waals surface area contributed by atoms with Crippen molar-refractivity contribution in [2.24, 2.45) is 5.92 Å². The summed E-state index contributed by atoms with van der Waals surface area (Å²) in [6.45, 7) is 4.38. The first-order valence-electron chi connectivity index (χ1n) is 2.95. The third-order valence-corrected chi connectivity index (χ3v) is 1.11. The maximum absolute atomic E-state index is 4.85. The molecule has 0 aromatic rings. The van der Waals surface area contributed by atoms with Crippen LogP contribution in [0.15, 0.2) is 12.3 Å². The van der Waals surface area contributed by atoms with Crippen molar-refractivity contribution < 1.29 is 4.43 Å². The molecule has 0 atom stereocenters. The normalized spacial score (nSPS) is 11.4. The number of allylic oxidation sites excluding steroid dienone is 1. The lowest BCUT2D eigenvalue weighted by Gasteiger charge is -1.95. The molecule has 0 saturated carbocycles. The molecule has 8 heavy (non-hydrogen) atoms. The van der Waals surface area contributed by atoms with Crippen LogP contribution >= 0.6 is 0 Å². The van der Waals surface area contributed by atoms with Crippen molar-refractivity contribution in [3.05, 3.63) is 12.3 Å². The van der Waals surface area contributed by atoms with Crippen molar-refractivity contribution in [1.82, 2.24) is 0 Å². The van der Waals surface area contributed by atoms with Gasteiger partial charge in [-0.3, -0.25) is 0 Å². The summed E-state index contributed by atoms with van der Waals surface area (Å²) in [6.07, 6.45) is 4.98. The van der Waals surface area contributed by atoms with Gasteiger partial charge in [0.25, 0.3) is 0 Å². The Hall–Kier alpha value is -0.243. The monoisotopic (exact) mass is 130 g/mol. The topological polar surface area (TPSA) is 9.23 Å². The van der Waals surface area contributed by atoms with Crippen LogP contribution in [0.25, 0.3) is 0 Å². The molecule has 0 unspecified atom stereocenters. The molecular weight excluding hydrogens is 116 g/mol. The van der Waals surface area contributed by atoms with Crippen molar-refractivity contribution in [2.45, 2.75) is 20.3 Å². The van der Waals surface area contributed by atoms with Gasteiger partial charge in [-0.15, -0.1) is 0 Å². The minimum absolute atomic E-state index is 0.753. The van der Waals surface area contributed by atoms with E-state index in [-0.39, 0.29) is 0 Å². The highest BCUT2D eigenvalue weighted by molar-refractivity contribution is 5.98. The summed E-state index contributed by atoms with van der Waals surface area (Å²) in [5.74, 6) is 0.753. The van der Waals surface area contributed by atoms with Gasteiger partial charge in [0.2, 0.25) is 10.5 Å². The Bertz CT molecular complexity index is 68.9. The van der Waals surface area contributed by atoms with E-state index < -0.39 is 0 Å². The predicted octanol–water partition coefficient (Wildman–Crippen LogP) is 0.843. The molecule has 0 aliphatic rings. The lowest BCUT2D eigenvalue weighted by molar-refractivity contribution is 0.526. The van der Waals surface area contributed by atoms with E-state index in [0.717, 1.165) is 22.8 Å². The van der Waals surface area contributed by atoms with Gasteiger partial charge in [0, 0.05) is 0 Å². The zero-order valence-electron chi connectivity index (χ0n) is 5.85. The minimum Gasteiger partial charge on any atom is -0.559 e. The molecule has 0 radical (unpaired) electrons. The zero-order chi connectivity index (χ0) is 6.41. The van der Waals surface area contributed by atoms with E-state index in [2.05, 4.69) is 19.9 Å². The van der Waals surface area contributed by atoms with Crippen LogP contribution in [0.5, 0.6) is 0 Å². The van der Waals surface area contributed by atoms with Gasteiger partial charge in [0.05, 0.1) is 6.26 Å². The van der Waals surface area contributed by atoms with Crippen molar-refractivity contribution in [3.8, 4) is 0 Å². The van der Waals surface area contributed by atoms with Gasteiger partial charge >= 0.3 is 0 Å². The van der Waals surface area contributed by atoms with Crippen molar-refractivity contribution >= 4 is 10.5 Å². The van der Waals surface area contributed by atoms with E-state index in [1.54, 1.807) is 6.26 Å². The van der Waals surface area contributed by atoms with Gasteiger partial charge in [-0.05, 0) is 12.3 Å². The summed E-state index contributed by atoms with van der Waals surface area (Å²) in [4.78, 5) is 0. The van der Waals surface area contributed by atoms with Crippen molar-refractivity contribution in [3.63, 3.8) is 0 Å². The van der Waals surface area contributed by atoms with E-state index in [1.165, 1.54) is 0 Å². The minimum atomic E-state index is 0.753. The highest BCUT2D eigenvalue weighted by atomic mass is 28.2. The largest absolute Gasteiger partial charge is 0.559 e. The molecule has 48 valence electrons. The number of rotatable bonds is 3. The summed E-state index contributed by atoms with van der Waals surface area (Å²) in [6, 6.07) is 0. The second-order valence-corrected chi connectivity index (χ2v) is 2.71. The maximum atomic E-state index is 4.85. The average molecular weight is 130 g/mol. The van der Waals surface area contributed by atoms with Gasteiger partial charge in [-0.2, -0.15) is 0 Å². The van der Waals surface area contributed by atoms with Gasteiger partial charge in [0.15, 0.2) is 0 Å². The first-order chi connectivity index (χ1) is 3.77. The molecule has 0 aliphatic heterocycles. The first kappa shape index (κ1) is 7.76. The van der Waals surface area contributed by atoms with Gasteiger partial charge in [-0.25, -0.2) is 0 Å². The van der Waals surface area contributed by atoms with Gasteiger partial charge in [0.1, 0.15) is 0 Å². The molecule has 0 aromatic carbocycles. The summed E-state index contributed by atoms with van der Waals surface area (Å²) in [5, 5.41) is 0. The molecule has 0 saturated heterocycles. The Morgan fingerprint density at radius 2 is 2.25 bits per heavy atom. The molecule has 2 heteroatoms. The fraction of sp³-hybridized carbons (Fsp3) is 0.667. The molecule has 0 rings (SSSR count). The third kappa shape index (κ3) is 5.76. The lowest BCUT2D eigenvalue weighted by atomic mass is 10.1. The quantitative estimate of drug-likeness (QED) is 0.406. The summed E-state index contributed by atoms with van der Waals surface area (Å²) in [7, 11) is 0.812. The molecule has 0 aliphatic carbocycles. The highest BCUT2D eigenvalue weighted by Gasteiger charge is 1.84. The smallest absolute Gasteiger partial charge is 0.203 e. The van der Waals surface area contributed by atoms with Crippen molar-refractivity contribution in [2.75, 3.05) is 0 Å². The number of hydrogen-bond acceptors (Lipinski definition) is 1. The summed E-state index contributed by atoms with van der Waals surface area (Å²) in [5.41, 5.74) is 0. The highest BCUT2D eigenvalue weighted by Crippen LogP contribution is 1.98. The molecule has 0 aromatic heterocycles. The molecule has 0 N–H and O–H groups in total. The number of hydrogen-bond donors (Lipinski definition) is 0. The zero-order valence-corrected chi connectivity index (χ0v) is 7.85. The second kappa shape index (κ2) is 4.90. The van der Waals surface area contributed by atoms with E-state index in [1.807, 2.05) is 0 Å². The van der Waals surface area contributed by atoms with E-state index in [0.29, 0.717) is 0 Å². The Balaban J connectivity index is 3.03. The van der Waals surface area contributed by atoms with E-state index in [4.69, 9.17) is 4.43 Å². The van der Waals surface area contributed by atoms with Crippen LogP contribution in [0.3, 0.4) is 0 Å². The molecule has 1 nitrogen and oxygen atoms in total. The second-order valence-electron chi connectivity index (χ2n) is 2.24. The first-order valence-corrected chi connectivity index (χ1v) is 3.76. The summed E-state index contributed by atoms with van der Waals surface area (Å²) < 4.78 is 4.85. The predicted molar refractivity (Wildman–Crippen MR) is 39.6 cm³/mol. The van der Waals surface area contributed by atoms with Gasteiger partial charge < -0.3 is 4.43 Å². The van der Waals surface area contributed by atoms with Crippen LogP contribution in [-0.2, 0) is 4.43 Å². The molecule has 0 spiro atoms. The molecule has 0 amide bonds. The van der Waals surface area contributed by atoms with Crippen LogP contribution in [0.2, 0.25) is 0 Å². The van der Waals surface area contributed by atoms with Crippen LogP contribution < -0.4 is 0 Å².